The van der Waals surface area contributed by atoms with E-state index in [4.69, 9.17) is 11.0 Å². The van der Waals surface area contributed by atoms with Crippen LogP contribution in [0.25, 0.3) is 0 Å². The van der Waals surface area contributed by atoms with Crippen LogP contribution in [-0.4, -0.2) is 31.1 Å². The van der Waals surface area contributed by atoms with E-state index in [0.29, 0.717) is 12.3 Å². The Morgan fingerprint density at radius 3 is 3.00 bits per heavy atom. The average Bonchev–Trinajstić information content (AvgIpc) is 2.21. The van der Waals surface area contributed by atoms with Crippen molar-refractivity contribution in [3.63, 3.8) is 0 Å². The first-order valence-electron chi connectivity index (χ1n) is 5.57. The van der Waals surface area contributed by atoms with Gasteiger partial charge in [0.05, 0.1) is 6.07 Å². The summed E-state index contributed by atoms with van der Waals surface area (Å²) >= 11 is 0. The van der Waals surface area contributed by atoms with Crippen molar-refractivity contribution in [2.75, 3.05) is 26.2 Å². The minimum absolute atomic E-state index is 0.658. The van der Waals surface area contributed by atoms with Crippen LogP contribution < -0.4 is 5.73 Å². The lowest BCUT2D eigenvalue weighted by Crippen LogP contribution is -2.42. The molecule has 1 aliphatic heterocycles. The lowest BCUT2D eigenvalue weighted by atomic mass is 9.87. The smallest absolute Gasteiger partial charge is 0.0622 e. The van der Waals surface area contributed by atoms with Crippen molar-refractivity contribution in [3.8, 4) is 6.07 Å². The number of nitrogens with zero attached hydrogens (tertiary/aromatic N) is 2. The lowest BCUT2D eigenvalue weighted by Gasteiger charge is -2.36. The van der Waals surface area contributed by atoms with Gasteiger partial charge < -0.3 is 10.6 Å². The second-order valence-electron chi connectivity index (χ2n) is 4.32. The highest BCUT2D eigenvalue weighted by Crippen LogP contribution is 2.22. The molecule has 0 spiro atoms. The lowest BCUT2D eigenvalue weighted by molar-refractivity contribution is 0.131. The van der Waals surface area contributed by atoms with Gasteiger partial charge in [-0.1, -0.05) is 6.92 Å². The molecule has 0 amide bonds. The quantitative estimate of drug-likeness (QED) is 0.686. The van der Waals surface area contributed by atoms with Crippen LogP contribution in [0.4, 0.5) is 0 Å². The van der Waals surface area contributed by atoms with E-state index in [9.17, 15) is 0 Å². The molecule has 80 valence electrons. The third-order valence-corrected chi connectivity index (χ3v) is 3.26. The molecule has 2 N–H and O–H groups in total. The maximum absolute atomic E-state index is 8.45. The van der Waals surface area contributed by atoms with E-state index in [0.717, 1.165) is 32.0 Å². The molecule has 3 heteroatoms. The van der Waals surface area contributed by atoms with E-state index < -0.39 is 0 Å². The van der Waals surface area contributed by atoms with Crippen molar-refractivity contribution >= 4 is 0 Å². The van der Waals surface area contributed by atoms with Crippen molar-refractivity contribution in [1.82, 2.24) is 4.90 Å². The van der Waals surface area contributed by atoms with Gasteiger partial charge in [-0.2, -0.15) is 5.26 Å². The first-order valence-corrected chi connectivity index (χ1v) is 5.57. The van der Waals surface area contributed by atoms with Gasteiger partial charge in [-0.15, -0.1) is 0 Å². The molecule has 1 saturated heterocycles. The number of hydrogen-bond acceptors (Lipinski definition) is 3. The highest BCUT2D eigenvalue weighted by molar-refractivity contribution is 4.79. The molecule has 1 fully saturated rings. The van der Waals surface area contributed by atoms with Gasteiger partial charge in [0, 0.05) is 13.0 Å². The van der Waals surface area contributed by atoms with Crippen molar-refractivity contribution in [3.05, 3.63) is 0 Å². The molecule has 3 nitrogen and oxygen atoms in total. The van der Waals surface area contributed by atoms with Gasteiger partial charge in [0.1, 0.15) is 0 Å². The molecular weight excluding hydrogens is 174 g/mol. The molecular formula is C11H21N3. The minimum Gasteiger partial charge on any atom is -0.330 e. The number of likely N-dealkylation sites (tertiary alicyclic amines) is 1. The fraction of sp³-hybridized carbons (Fsp3) is 0.909. The number of rotatable bonds is 4. The Morgan fingerprint density at radius 2 is 2.36 bits per heavy atom. The summed E-state index contributed by atoms with van der Waals surface area (Å²) in [5, 5.41) is 8.45. The Labute approximate surface area is 86.9 Å². The molecule has 1 rings (SSSR count). The Balaban J connectivity index is 2.25. The van der Waals surface area contributed by atoms with E-state index in [-0.39, 0.29) is 0 Å². The molecule has 0 bridgehead atoms. The highest BCUT2D eigenvalue weighted by atomic mass is 15.1. The zero-order valence-electron chi connectivity index (χ0n) is 9.08. The largest absolute Gasteiger partial charge is 0.330 e. The normalized spacial score (nSPS) is 28.6. The molecule has 1 aliphatic rings. The molecule has 0 radical (unpaired) electrons. The molecule has 2 atom stereocenters. The zero-order valence-corrected chi connectivity index (χ0v) is 9.08. The van der Waals surface area contributed by atoms with Crippen LogP contribution in [0, 0.1) is 23.2 Å². The van der Waals surface area contributed by atoms with Gasteiger partial charge in [-0.3, -0.25) is 0 Å². The first kappa shape index (κ1) is 11.5. The van der Waals surface area contributed by atoms with Crippen LogP contribution in [-0.2, 0) is 0 Å². The second kappa shape index (κ2) is 6.00. The summed E-state index contributed by atoms with van der Waals surface area (Å²) in [5.41, 5.74) is 5.73. The number of piperidine rings is 1. The summed E-state index contributed by atoms with van der Waals surface area (Å²) in [6, 6.07) is 2.19. The zero-order chi connectivity index (χ0) is 10.4. The van der Waals surface area contributed by atoms with E-state index in [1.54, 1.807) is 0 Å². The number of hydrogen-bond donors (Lipinski definition) is 1. The summed E-state index contributed by atoms with van der Waals surface area (Å²) in [5.74, 6) is 1.43. The molecule has 1 heterocycles. The Bertz CT molecular complexity index is 197. The van der Waals surface area contributed by atoms with Gasteiger partial charge in [-0.25, -0.2) is 0 Å². The fourth-order valence-corrected chi connectivity index (χ4v) is 2.12. The van der Waals surface area contributed by atoms with Crippen molar-refractivity contribution in [1.29, 1.82) is 5.26 Å². The van der Waals surface area contributed by atoms with Crippen LogP contribution in [0.3, 0.4) is 0 Å². The van der Waals surface area contributed by atoms with E-state index in [2.05, 4.69) is 17.9 Å². The number of nitriles is 1. The van der Waals surface area contributed by atoms with Gasteiger partial charge >= 0.3 is 0 Å². The predicted octanol–water partition coefficient (Wildman–Crippen LogP) is 1.21. The average molecular weight is 195 g/mol. The maximum atomic E-state index is 8.45. The fourth-order valence-electron chi connectivity index (χ4n) is 2.12. The summed E-state index contributed by atoms with van der Waals surface area (Å²) in [4.78, 5) is 2.45. The third-order valence-electron chi connectivity index (χ3n) is 3.26. The number of nitrogens with two attached hydrogens (primary N) is 1. The van der Waals surface area contributed by atoms with E-state index in [1.165, 1.54) is 13.0 Å². The van der Waals surface area contributed by atoms with E-state index in [1.807, 2.05) is 0 Å². The van der Waals surface area contributed by atoms with Crippen LogP contribution in [0.1, 0.15) is 26.2 Å². The van der Waals surface area contributed by atoms with Crippen molar-refractivity contribution in [2.45, 2.75) is 26.2 Å². The standard InChI is InChI=1S/C11H21N3/c1-10-4-7-14(6-3-2-5-12)9-11(10)8-13/h10-11H,2-4,6-9,13H2,1H3. The summed E-state index contributed by atoms with van der Waals surface area (Å²) < 4.78 is 0. The molecule has 0 aromatic rings. The van der Waals surface area contributed by atoms with Crippen LogP contribution in [0.2, 0.25) is 0 Å². The van der Waals surface area contributed by atoms with Crippen LogP contribution >= 0.6 is 0 Å². The summed E-state index contributed by atoms with van der Waals surface area (Å²) in [6.07, 6.45) is 2.94. The molecule has 0 saturated carbocycles. The Hall–Kier alpha value is -0.590. The van der Waals surface area contributed by atoms with Gasteiger partial charge in [-0.05, 0) is 44.3 Å². The molecule has 14 heavy (non-hydrogen) atoms. The molecule has 0 aromatic heterocycles. The Kier molecular flexibility index (Phi) is 4.92. The van der Waals surface area contributed by atoms with Gasteiger partial charge in [0.25, 0.3) is 0 Å². The maximum Gasteiger partial charge on any atom is 0.0622 e. The summed E-state index contributed by atoms with van der Waals surface area (Å²) in [7, 11) is 0. The third kappa shape index (κ3) is 3.28. The topological polar surface area (TPSA) is 53.0 Å². The molecule has 2 unspecified atom stereocenters. The van der Waals surface area contributed by atoms with E-state index >= 15 is 0 Å². The summed E-state index contributed by atoms with van der Waals surface area (Å²) in [6.45, 7) is 6.48. The monoisotopic (exact) mass is 195 g/mol. The highest BCUT2D eigenvalue weighted by Gasteiger charge is 2.24. The predicted molar refractivity (Wildman–Crippen MR) is 57.6 cm³/mol. The van der Waals surface area contributed by atoms with Gasteiger partial charge in [0.2, 0.25) is 0 Å². The minimum atomic E-state index is 0.658. The van der Waals surface area contributed by atoms with Crippen molar-refractivity contribution < 1.29 is 0 Å². The van der Waals surface area contributed by atoms with Crippen LogP contribution in [0.5, 0.6) is 0 Å². The van der Waals surface area contributed by atoms with Crippen molar-refractivity contribution in [2.24, 2.45) is 17.6 Å². The SMILES string of the molecule is CC1CCN(CCCC#N)CC1CN. The second-order valence-corrected chi connectivity index (χ2v) is 4.32. The molecule has 0 aromatic carbocycles. The Morgan fingerprint density at radius 1 is 1.57 bits per heavy atom. The molecule has 0 aliphatic carbocycles. The van der Waals surface area contributed by atoms with Crippen LogP contribution in [0.15, 0.2) is 0 Å². The number of unbranched alkanes of at least 4 members (excludes halogenated alkanes) is 1. The first-order chi connectivity index (χ1) is 6.77. The van der Waals surface area contributed by atoms with Gasteiger partial charge in [0.15, 0.2) is 0 Å².